The first-order valence-corrected chi connectivity index (χ1v) is 9.40. The minimum atomic E-state index is -0.285. The molecule has 2 nitrogen and oxygen atoms in total. The van der Waals surface area contributed by atoms with Crippen LogP contribution in [0.3, 0.4) is 0 Å². The van der Waals surface area contributed by atoms with Gasteiger partial charge < -0.3 is 4.90 Å². The first-order valence-electron chi connectivity index (χ1n) is 9.40. The number of ketones is 1. The van der Waals surface area contributed by atoms with Crippen LogP contribution in [0.2, 0.25) is 0 Å². The molecule has 126 valence electrons. The maximum Gasteiger partial charge on any atom is 0.162 e. The molecule has 3 heteroatoms. The van der Waals surface area contributed by atoms with Gasteiger partial charge in [-0.15, -0.1) is 0 Å². The van der Waals surface area contributed by atoms with Crippen LogP contribution in [0.1, 0.15) is 29.6 Å². The highest BCUT2D eigenvalue weighted by Gasteiger charge is 2.60. The number of Topliss-reactive ketones (excluding diaryl/α,β-unsaturated/α-hetero) is 1. The molecule has 0 aromatic heterocycles. The molecule has 0 amide bonds. The lowest BCUT2D eigenvalue weighted by Crippen LogP contribution is -2.37. The number of likely N-dealkylation sites (tertiary alicyclic amines) is 1. The van der Waals surface area contributed by atoms with Crippen molar-refractivity contribution in [1.82, 2.24) is 4.90 Å². The number of hydrogen-bond acceptors (Lipinski definition) is 2. The number of carbonyl (C=O) groups excluding carboxylic acids is 1. The van der Waals surface area contributed by atoms with E-state index in [-0.39, 0.29) is 11.6 Å². The summed E-state index contributed by atoms with van der Waals surface area (Å²) in [4.78, 5) is 14.8. The fourth-order valence-corrected chi connectivity index (χ4v) is 5.77. The molecule has 6 unspecified atom stereocenters. The lowest BCUT2D eigenvalue weighted by Gasteiger charge is -2.40. The fourth-order valence-electron chi connectivity index (χ4n) is 5.77. The molecule has 1 aromatic rings. The summed E-state index contributed by atoms with van der Waals surface area (Å²) in [5, 5.41) is 0. The van der Waals surface area contributed by atoms with Crippen molar-refractivity contribution in [3.05, 3.63) is 47.8 Å². The van der Waals surface area contributed by atoms with Gasteiger partial charge in [-0.2, -0.15) is 0 Å². The molecule has 6 rings (SSSR count). The molecule has 1 aliphatic heterocycles. The van der Waals surface area contributed by atoms with Crippen molar-refractivity contribution in [3.63, 3.8) is 0 Å². The van der Waals surface area contributed by atoms with Crippen LogP contribution in [0.5, 0.6) is 0 Å². The Morgan fingerprint density at radius 1 is 1.00 bits per heavy atom. The average Bonchev–Trinajstić information content (AvgIpc) is 3.29. The molecule has 0 N–H and O–H groups in total. The Bertz CT molecular complexity index is 656. The van der Waals surface area contributed by atoms with Crippen molar-refractivity contribution in [2.75, 3.05) is 19.6 Å². The second-order valence-corrected chi connectivity index (χ2v) is 8.22. The standard InChI is InChI=1S/C21H24FNO/c22-14-5-3-13(4-6-14)21(24)2-1-9-23-11-19-15-7-8-16(20(19)12-23)18-10-17(15)18/h3-8,15-20H,1-2,9-12H2. The summed E-state index contributed by atoms with van der Waals surface area (Å²) in [5.74, 6) is 5.28. The minimum Gasteiger partial charge on any atom is -0.303 e. The molecule has 0 spiro atoms. The van der Waals surface area contributed by atoms with Gasteiger partial charge in [-0.1, -0.05) is 12.2 Å². The van der Waals surface area contributed by atoms with E-state index >= 15 is 0 Å². The van der Waals surface area contributed by atoms with Crippen LogP contribution in [0.15, 0.2) is 36.4 Å². The van der Waals surface area contributed by atoms with Crippen LogP contribution in [0, 0.1) is 41.3 Å². The van der Waals surface area contributed by atoms with E-state index < -0.39 is 0 Å². The van der Waals surface area contributed by atoms with Crippen LogP contribution < -0.4 is 0 Å². The van der Waals surface area contributed by atoms with Crippen molar-refractivity contribution in [2.24, 2.45) is 35.5 Å². The van der Waals surface area contributed by atoms with Crippen LogP contribution in [-0.2, 0) is 0 Å². The van der Waals surface area contributed by atoms with Crippen molar-refractivity contribution in [3.8, 4) is 0 Å². The zero-order valence-corrected chi connectivity index (χ0v) is 13.9. The molecule has 1 saturated heterocycles. The molecule has 1 aromatic carbocycles. The zero-order valence-electron chi connectivity index (χ0n) is 13.9. The van der Waals surface area contributed by atoms with Gasteiger partial charge in [-0.3, -0.25) is 4.79 Å². The van der Waals surface area contributed by atoms with E-state index in [1.165, 1.54) is 31.6 Å². The molecule has 24 heavy (non-hydrogen) atoms. The van der Waals surface area contributed by atoms with E-state index in [2.05, 4.69) is 17.1 Å². The normalized spacial score (nSPS) is 38.9. The van der Waals surface area contributed by atoms with Crippen molar-refractivity contribution in [2.45, 2.75) is 19.3 Å². The third-order valence-corrected chi connectivity index (χ3v) is 6.96. The first kappa shape index (κ1) is 14.8. The van der Waals surface area contributed by atoms with E-state index in [1.807, 2.05) is 0 Å². The molecule has 0 radical (unpaired) electrons. The summed E-state index contributed by atoms with van der Waals surface area (Å²) in [6, 6.07) is 5.93. The van der Waals surface area contributed by atoms with Gasteiger partial charge in [0.15, 0.2) is 5.78 Å². The number of halogens is 1. The van der Waals surface area contributed by atoms with Crippen molar-refractivity contribution in [1.29, 1.82) is 0 Å². The summed E-state index contributed by atoms with van der Waals surface area (Å²) < 4.78 is 12.9. The highest BCUT2D eigenvalue weighted by molar-refractivity contribution is 5.95. The van der Waals surface area contributed by atoms with Crippen molar-refractivity contribution < 1.29 is 9.18 Å². The average molecular weight is 325 g/mol. The Kier molecular flexibility index (Phi) is 3.41. The maximum absolute atomic E-state index is 12.9. The summed E-state index contributed by atoms with van der Waals surface area (Å²) >= 11 is 0. The minimum absolute atomic E-state index is 0.134. The maximum atomic E-state index is 12.9. The van der Waals surface area contributed by atoms with E-state index in [0.29, 0.717) is 12.0 Å². The van der Waals surface area contributed by atoms with Gasteiger partial charge in [0.05, 0.1) is 0 Å². The SMILES string of the molecule is O=C(CCCN1CC2C3C=CC(C4CC34)C2C1)c1ccc(F)cc1. The van der Waals surface area contributed by atoms with E-state index in [9.17, 15) is 9.18 Å². The van der Waals surface area contributed by atoms with Gasteiger partial charge >= 0.3 is 0 Å². The first-order chi connectivity index (χ1) is 11.7. The largest absolute Gasteiger partial charge is 0.303 e. The number of rotatable bonds is 5. The second kappa shape index (κ2) is 5.52. The quantitative estimate of drug-likeness (QED) is 0.606. The van der Waals surface area contributed by atoms with Gasteiger partial charge in [-0.25, -0.2) is 4.39 Å². The molecular weight excluding hydrogens is 301 g/mol. The Morgan fingerprint density at radius 3 is 2.25 bits per heavy atom. The van der Waals surface area contributed by atoms with Gasteiger partial charge in [0.1, 0.15) is 5.82 Å². The number of carbonyl (C=O) groups is 1. The topological polar surface area (TPSA) is 20.3 Å². The number of benzene rings is 1. The highest BCUT2D eigenvalue weighted by atomic mass is 19.1. The lowest BCUT2D eigenvalue weighted by atomic mass is 9.64. The summed E-state index contributed by atoms with van der Waals surface area (Å²) in [5.41, 5.74) is 0.633. The molecule has 2 saturated carbocycles. The van der Waals surface area contributed by atoms with Crippen LogP contribution in [0.4, 0.5) is 4.39 Å². The third kappa shape index (κ3) is 2.36. The molecule has 3 fully saturated rings. The van der Waals surface area contributed by atoms with Crippen molar-refractivity contribution >= 4 is 5.78 Å². The molecule has 1 heterocycles. The van der Waals surface area contributed by atoms with Crippen LogP contribution >= 0.6 is 0 Å². The fraction of sp³-hybridized carbons (Fsp3) is 0.571. The third-order valence-electron chi connectivity index (χ3n) is 6.96. The summed E-state index contributed by atoms with van der Waals surface area (Å²) in [6.07, 6.45) is 7.98. The number of allylic oxidation sites excluding steroid dienone is 2. The highest BCUT2D eigenvalue weighted by Crippen LogP contribution is 2.64. The van der Waals surface area contributed by atoms with E-state index in [4.69, 9.17) is 0 Å². The summed E-state index contributed by atoms with van der Waals surface area (Å²) in [7, 11) is 0. The predicted octanol–water partition coefficient (Wildman–Crippen LogP) is 3.79. The van der Waals surface area contributed by atoms with Gasteiger partial charge in [0.2, 0.25) is 0 Å². The molecule has 4 aliphatic carbocycles. The number of nitrogens with zero attached hydrogens (tertiary/aromatic N) is 1. The Morgan fingerprint density at radius 2 is 1.62 bits per heavy atom. The Balaban J connectivity index is 1.14. The summed E-state index contributed by atoms with van der Waals surface area (Å²) in [6.45, 7) is 3.48. The molecular formula is C21H24FNO. The zero-order chi connectivity index (χ0) is 16.3. The molecule has 6 atom stereocenters. The van der Waals surface area contributed by atoms with Crippen LogP contribution in [0.25, 0.3) is 0 Å². The van der Waals surface area contributed by atoms with Gasteiger partial charge in [0, 0.05) is 25.1 Å². The molecule has 2 bridgehead atoms. The van der Waals surface area contributed by atoms with Gasteiger partial charge in [0.25, 0.3) is 0 Å². The smallest absolute Gasteiger partial charge is 0.162 e. The van der Waals surface area contributed by atoms with E-state index in [1.54, 1.807) is 12.1 Å². The Labute approximate surface area is 142 Å². The van der Waals surface area contributed by atoms with E-state index in [0.717, 1.165) is 48.5 Å². The Hall–Kier alpha value is -1.48. The molecule has 5 aliphatic rings. The second-order valence-electron chi connectivity index (χ2n) is 8.22. The van der Waals surface area contributed by atoms with Gasteiger partial charge in [-0.05, 0) is 79.2 Å². The monoisotopic (exact) mass is 325 g/mol. The van der Waals surface area contributed by atoms with Crippen LogP contribution in [-0.4, -0.2) is 30.3 Å². The lowest BCUT2D eigenvalue weighted by molar-refractivity contribution is 0.0975. The number of hydrogen-bond donors (Lipinski definition) is 0. The predicted molar refractivity (Wildman–Crippen MR) is 91.1 cm³/mol.